The minimum Gasteiger partial charge on any atom is -0.371 e. The molecule has 4 rings (SSSR count). The summed E-state index contributed by atoms with van der Waals surface area (Å²) in [5.74, 6) is 0. The van der Waals surface area contributed by atoms with Crippen molar-refractivity contribution in [2.75, 3.05) is 18.0 Å². The van der Waals surface area contributed by atoms with Crippen molar-refractivity contribution in [3.8, 4) is 11.1 Å². The summed E-state index contributed by atoms with van der Waals surface area (Å²) in [6.45, 7) is 2.31. The normalized spacial score (nSPS) is 14.8. The molecule has 0 radical (unpaired) electrons. The van der Waals surface area contributed by atoms with Crippen LogP contribution in [0.4, 0.5) is 5.69 Å². The standard InChI is InChI=1S/C19H18N2/c1-2-8-16-15(6-1)7-5-9-17(16)18-14-20-11-10-19(18)21-12-3-4-13-21/h1-2,5-11,14H,3-4,12-13H2. The number of rotatable bonds is 2. The molecule has 0 aliphatic carbocycles. The van der Waals surface area contributed by atoms with Crippen LogP contribution < -0.4 is 4.90 Å². The first-order chi connectivity index (χ1) is 10.4. The molecule has 1 aliphatic rings. The molecule has 1 aromatic heterocycles. The van der Waals surface area contributed by atoms with Crippen LogP contribution in [0, 0.1) is 0 Å². The summed E-state index contributed by atoms with van der Waals surface area (Å²) in [7, 11) is 0. The summed E-state index contributed by atoms with van der Waals surface area (Å²) in [6.07, 6.45) is 6.49. The Balaban J connectivity index is 1.93. The number of fused-ring (bicyclic) bond motifs is 1. The van der Waals surface area contributed by atoms with Gasteiger partial charge < -0.3 is 4.90 Å². The lowest BCUT2D eigenvalue weighted by Crippen LogP contribution is -2.18. The number of aromatic nitrogens is 1. The quantitative estimate of drug-likeness (QED) is 0.684. The molecule has 21 heavy (non-hydrogen) atoms. The Bertz CT molecular complexity index is 768. The Morgan fingerprint density at radius 3 is 2.52 bits per heavy atom. The molecule has 3 aromatic rings. The number of nitrogens with zero attached hydrogens (tertiary/aromatic N) is 2. The topological polar surface area (TPSA) is 16.1 Å². The summed E-state index contributed by atoms with van der Waals surface area (Å²) in [6, 6.07) is 17.2. The van der Waals surface area contributed by atoms with E-state index >= 15 is 0 Å². The van der Waals surface area contributed by atoms with Gasteiger partial charge in [-0.2, -0.15) is 0 Å². The van der Waals surface area contributed by atoms with Gasteiger partial charge in [0.25, 0.3) is 0 Å². The zero-order valence-corrected chi connectivity index (χ0v) is 12.0. The van der Waals surface area contributed by atoms with Gasteiger partial charge in [-0.1, -0.05) is 42.5 Å². The van der Waals surface area contributed by atoms with Crippen molar-refractivity contribution >= 4 is 16.5 Å². The third-order valence-corrected chi connectivity index (χ3v) is 4.32. The predicted octanol–water partition coefficient (Wildman–Crippen LogP) is 4.50. The molecule has 2 nitrogen and oxygen atoms in total. The molecule has 2 heteroatoms. The number of hydrogen-bond donors (Lipinski definition) is 0. The van der Waals surface area contributed by atoms with Crippen molar-refractivity contribution in [2.45, 2.75) is 12.8 Å². The molecule has 0 saturated carbocycles. The Morgan fingerprint density at radius 1 is 0.810 bits per heavy atom. The first-order valence-electron chi connectivity index (χ1n) is 7.60. The molecule has 2 aromatic carbocycles. The zero-order valence-electron chi connectivity index (χ0n) is 12.0. The lowest BCUT2D eigenvalue weighted by molar-refractivity contribution is 0.949. The molecule has 1 aliphatic heterocycles. The minimum absolute atomic E-state index is 1.15. The zero-order chi connectivity index (χ0) is 14.1. The van der Waals surface area contributed by atoms with Gasteiger partial charge in [0.15, 0.2) is 0 Å². The molecule has 0 spiro atoms. The van der Waals surface area contributed by atoms with Crippen LogP contribution >= 0.6 is 0 Å². The summed E-state index contributed by atoms with van der Waals surface area (Å²) >= 11 is 0. The SMILES string of the molecule is c1ccc2c(-c3cnccc3N3CCCC3)cccc2c1. The van der Waals surface area contributed by atoms with Gasteiger partial charge in [-0.05, 0) is 35.2 Å². The van der Waals surface area contributed by atoms with Crippen LogP contribution in [0.5, 0.6) is 0 Å². The highest BCUT2D eigenvalue weighted by molar-refractivity contribution is 5.99. The number of pyridine rings is 1. The van der Waals surface area contributed by atoms with Crippen LogP contribution in [0.25, 0.3) is 21.9 Å². The lowest BCUT2D eigenvalue weighted by Gasteiger charge is -2.21. The predicted molar refractivity (Wildman–Crippen MR) is 88.6 cm³/mol. The molecule has 0 N–H and O–H groups in total. The highest BCUT2D eigenvalue weighted by Gasteiger charge is 2.17. The van der Waals surface area contributed by atoms with Gasteiger partial charge in [-0.3, -0.25) is 4.98 Å². The molecule has 1 fully saturated rings. The smallest absolute Gasteiger partial charge is 0.0477 e. The van der Waals surface area contributed by atoms with Gasteiger partial charge in [0.2, 0.25) is 0 Å². The molecule has 2 heterocycles. The average Bonchev–Trinajstić information content (AvgIpc) is 3.09. The second-order valence-electron chi connectivity index (χ2n) is 5.61. The minimum atomic E-state index is 1.15. The fraction of sp³-hybridized carbons (Fsp3) is 0.211. The maximum Gasteiger partial charge on any atom is 0.0477 e. The molecule has 0 atom stereocenters. The molecule has 0 unspecified atom stereocenters. The van der Waals surface area contributed by atoms with E-state index < -0.39 is 0 Å². The third kappa shape index (κ3) is 2.17. The van der Waals surface area contributed by atoms with E-state index in [0.717, 1.165) is 13.1 Å². The van der Waals surface area contributed by atoms with Crippen LogP contribution in [0.3, 0.4) is 0 Å². The Kier molecular flexibility index (Phi) is 3.07. The fourth-order valence-corrected chi connectivity index (χ4v) is 3.29. The van der Waals surface area contributed by atoms with Crippen LogP contribution in [0.2, 0.25) is 0 Å². The van der Waals surface area contributed by atoms with E-state index in [0.29, 0.717) is 0 Å². The van der Waals surface area contributed by atoms with Crippen molar-refractivity contribution in [2.24, 2.45) is 0 Å². The number of benzene rings is 2. The first kappa shape index (κ1) is 12.4. The van der Waals surface area contributed by atoms with Crippen LogP contribution in [0.1, 0.15) is 12.8 Å². The fourth-order valence-electron chi connectivity index (χ4n) is 3.29. The summed E-state index contributed by atoms with van der Waals surface area (Å²) in [5.41, 5.74) is 3.85. The number of anilines is 1. The Morgan fingerprint density at radius 2 is 1.62 bits per heavy atom. The Labute approximate surface area is 125 Å². The van der Waals surface area contributed by atoms with Gasteiger partial charge in [-0.15, -0.1) is 0 Å². The molecular weight excluding hydrogens is 256 g/mol. The molecular formula is C19H18N2. The summed E-state index contributed by atoms with van der Waals surface area (Å²) in [4.78, 5) is 6.86. The second-order valence-corrected chi connectivity index (χ2v) is 5.61. The second kappa shape index (κ2) is 5.21. The van der Waals surface area contributed by atoms with E-state index in [4.69, 9.17) is 0 Å². The monoisotopic (exact) mass is 274 g/mol. The van der Waals surface area contributed by atoms with Gasteiger partial charge in [0, 0.05) is 36.7 Å². The Hall–Kier alpha value is -2.35. The highest BCUT2D eigenvalue weighted by Crippen LogP contribution is 2.35. The molecule has 104 valence electrons. The van der Waals surface area contributed by atoms with E-state index in [1.165, 1.54) is 40.4 Å². The molecule has 0 amide bonds. The van der Waals surface area contributed by atoms with Gasteiger partial charge >= 0.3 is 0 Å². The molecule has 0 bridgehead atoms. The largest absolute Gasteiger partial charge is 0.371 e. The average molecular weight is 274 g/mol. The molecule has 1 saturated heterocycles. The van der Waals surface area contributed by atoms with E-state index in [1.54, 1.807) is 0 Å². The first-order valence-corrected chi connectivity index (χ1v) is 7.60. The van der Waals surface area contributed by atoms with Crippen LogP contribution in [-0.2, 0) is 0 Å². The van der Waals surface area contributed by atoms with E-state index in [9.17, 15) is 0 Å². The van der Waals surface area contributed by atoms with Crippen molar-refractivity contribution < 1.29 is 0 Å². The van der Waals surface area contributed by atoms with Crippen molar-refractivity contribution in [3.05, 3.63) is 60.9 Å². The highest BCUT2D eigenvalue weighted by atomic mass is 15.1. The van der Waals surface area contributed by atoms with E-state index in [-0.39, 0.29) is 0 Å². The van der Waals surface area contributed by atoms with Crippen molar-refractivity contribution in [1.82, 2.24) is 4.98 Å². The maximum atomic E-state index is 4.37. The van der Waals surface area contributed by atoms with Gasteiger partial charge in [0.05, 0.1) is 0 Å². The van der Waals surface area contributed by atoms with Gasteiger partial charge in [0.1, 0.15) is 0 Å². The van der Waals surface area contributed by atoms with E-state index in [1.807, 2.05) is 12.4 Å². The third-order valence-electron chi connectivity index (χ3n) is 4.32. The van der Waals surface area contributed by atoms with Crippen molar-refractivity contribution in [1.29, 1.82) is 0 Å². The maximum absolute atomic E-state index is 4.37. The summed E-state index contributed by atoms with van der Waals surface area (Å²) < 4.78 is 0. The number of hydrogen-bond acceptors (Lipinski definition) is 2. The van der Waals surface area contributed by atoms with Crippen molar-refractivity contribution in [3.63, 3.8) is 0 Å². The van der Waals surface area contributed by atoms with Crippen LogP contribution in [0.15, 0.2) is 60.9 Å². The lowest BCUT2D eigenvalue weighted by atomic mass is 9.98. The van der Waals surface area contributed by atoms with Crippen LogP contribution in [-0.4, -0.2) is 18.1 Å². The summed E-state index contributed by atoms with van der Waals surface area (Å²) in [5, 5.41) is 2.58. The van der Waals surface area contributed by atoms with Gasteiger partial charge in [-0.25, -0.2) is 0 Å². The van der Waals surface area contributed by atoms with E-state index in [2.05, 4.69) is 58.4 Å².